The lowest BCUT2D eigenvalue weighted by Crippen LogP contribution is -2.28. The zero-order chi connectivity index (χ0) is 26.8. The lowest BCUT2D eigenvalue weighted by Gasteiger charge is -2.19. The zero-order valence-electron chi connectivity index (χ0n) is 20.4. The fourth-order valence-electron chi connectivity index (χ4n) is 4.70. The number of nitrogens with zero attached hydrogens (tertiary/aromatic N) is 6. The maximum absolute atomic E-state index is 13.5. The van der Waals surface area contributed by atoms with Gasteiger partial charge in [-0.15, -0.1) is 0 Å². The van der Waals surface area contributed by atoms with Crippen LogP contribution in [0.1, 0.15) is 43.2 Å². The summed E-state index contributed by atoms with van der Waals surface area (Å²) in [5, 5.41) is 5.45. The summed E-state index contributed by atoms with van der Waals surface area (Å²) >= 11 is 0. The van der Waals surface area contributed by atoms with Crippen LogP contribution in [0.5, 0.6) is 5.75 Å². The Hall–Kier alpha value is -4.48. The van der Waals surface area contributed by atoms with E-state index >= 15 is 0 Å². The van der Waals surface area contributed by atoms with Crippen molar-refractivity contribution in [1.29, 1.82) is 0 Å². The largest absolute Gasteiger partial charge is 0.497 e. The van der Waals surface area contributed by atoms with Crippen LogP contribution >= 0.6 is 0 Å². The van der Waals surface area contributed by atoms with Gasteiger partial charge in [-0.05, 0) is 62.2 Å². The molecule has 12 heteroatoms. The van der Waals surface area contributed by atoms with Gasteiger partial charge in [-0.1, -0.05) is 0 Å². The van der Waals surface area contributed by atoms with E-state index in [1.807, 2.05) is 12.1 Å². The minimum atomic E-state index is -4.56. The molecule has 1 unspecified atom stereocenters. The molecule has 38 heavy (non-hydrogen) atoms. The Kier molecular flexibility index (Phi) is 5.37. The summed E-state index contributed by atoms with van der Waals surface area (Å²) in [7, 11) is 1.57. The molecule has 1 aliphatic carbocycles. The molecule has 6 rings (SSSR count). The summed E-state index contributed by atoms with van der Waals surface area (Å²) in [6.45, 7) is 1.78. The first-order valence-electron chi connectivity index (χ1n) is 11.9. The van der Waals surface area contributed by atoms with Crippen molar-refractivity contribution in [2.45, 2.75) is 38.0 Å². The van der Waals surface area contributed by atoms with E-state index in [0.29, 0.717) is 28.3 Å². The standard InChI is InChI=1S/C26H22F3N7O2/c1-13(23-33-19-11-15(26(27,28)29)5-10-18(19)25(37)35(23)16-6-7-16)36-24-20(22(30)31-12-32-24)21(34-36)14-3-8-17(38-2)9-4-14/h3-5,8-13,16H,6-7H2,1-2H3,(H2,30,31,32). The highest BCUT2D eigenvalue weighted by molar-refractivity contribution is 5.98. The number of methoxy groups -OCH3 is 1. The SMILES string of the molecule is COc1ccc(-c2nn(C(C)c3nc4cc(C(F)(F)F)ccc4c(=O)n3C3CC3)c3ncnc(N)c23)cc1. The van der Waals surface area contributed by atoms with Crippen LogP contribution in [-0.4, -0.2) is 36.4 Å². The van der Waals surface area contributed by atoms with Crippen LogP contribution in [-0.2, 0) is 6.18 Å². The average molecular weight is 522 g/mol. The van der Waals surface area contributed by atoms with E-state index in [2.05, 4.69) is 15.0 Å². The summed E-state index contributed by atoms with van der Waals surface area (Å²) in [4.78, 5) is 26.6. The predicted octanol–water partition coefficient (Wildman–Crippen LogP) is 4.76. The fourth-order valence-corrected chi connectivity index (χ4v) is 4.70. The van der Waals surface area contributed by atoms with Crippen LogP contribution in [0.3, 0.4) is 0 Å². The molecule has 2 aromatic carbocycles. The third-order valence-corrected chi connectivity index (χ3v) is 6.79. The Morgan fingerprint density at radius 2 is 1.84 bits per heavy atom. The van der Waals surface area contributed by atoms with Gasteiger partial charge in [0.05, 0.1) is 29.0 Å². The van der Waals surface area contributed by atoms with Crippen molar-refractivity contribution in [2.24, 2.45) is 0 Å². The van der Waals surface area contributed by atoms with Gasteiger partial charge in [0.15, 0.2) is 5.65 Å². The molecule has 1 fully saturated rings. The lowest BCUT2D eigenvalue weighted by atomic mass is 10.1. The first-order chi connectivity index (χ1) is 18.2. The van der Waals surface area contributed by atoms with Gasteiger partial charge in [0.2, 0.25) is 0 Å². The Bertz CT molecular complexity index is 1760. The maximum Gasteiger partial charge on any atom is 0.416 e. The van der Waals surface area contributed by atoms with E-state index in [9.17, 15) is 18.0 Å². The molecule has 3 aromatic heterocycles. The number of fused-ring (bicyclic) bond motifs is 2. The number of anilines is 1. The summed E-state index contributed by atoms with van der Waals surface area (Å²) in [5.74, 6) is 1.19. The van der Waals surface area contributed by atoms with Crippen molar-refractivity contribution < 1.29 is 17.9 Å². The van der Waals surface area contributed by atoms with Gasteiger partial charge < -0.3 is 10.5 Å². The van der Waals surface area contributed by atoms with E-state index in [1.54, 1.807) is 35.4 Å². The second kappa shape index (κ2) is 8.54. The van der Waals surface area contributed by atoms with E-state index in [-0.39, 0.29) is 28.3 Å². The molecule has 1 aliphatic rings. The topological polar surface area (TPSA) is 114 Å². The molecule has 194 valence electrons. The maximum atomic E-state index is 13.5. The molecule has 9 nitrogen and oxygen atoms in total. The van der Waals surface area contributed by atoms with Crippen LogP contribution in [0, 0.1) is 0 Å². The highest BCUT2D eigenvalue weighted by Crippen LogP contribution is 2.39. The molecule has 0 saturated heterocycles. The minimum Gasteiger partial charge on any atom is -0.497 e. The first kappa shape index (κ1) is 23.9. The fraction of sp³-hybridized carbons (Fsp3) is 0.269. The summed E-state index contributed by atoms with van der Waals surface area (Å²) < 4.78 is 48.7. The molecular formula is C26H22F3N7O2. The summed E-state index contributed by atoms with van der Waals surface area (Å²) in [6.07, 6.45) is -1.69. The second-order valence-corrected chi connectivity index (χ2v) is 9.26. The Morgan fingerprint density at radius 1 is 1.11 bits per heavy atom. The van der Waals surface area contributed by atoms with Crippen molar-refractivity contribution in [1.82, 2.24) is 29.3 Å². The van der Waals surface area contributed by atoms with Gasteiger partial charge in [-0.3, -0.25) is 9.36 Å². The van der Waals surface area contributed by atoms with Gasteiger partial charge >= 0.3 is 6.18 Å². The van der Waals surface area contributed by atoms with Crippen molar-refractivity contribution in [3.8, 4) is 17.0 Å². The lowest BCUT2D eigenvalue weighted by molar-refractivity contribution is -0.137. The van der Waals surface area contributed by atoms with Crippen molar-refractivity contribution in [2.75, 3.05) is 12.8 Å². The Morgan fingerprint density at radius 3 is 2.50 bits per heavy atom. The summed E-state index contributed by atoms with van der Waals surface area (Å²) in [5.41, 5.74) is 6.64. The molecule has 0 amide bonds. The van der Waals surface area contributed by atoms with Crippen LogP contribution in [0.25, 0.3) is 33.2 Å². The number of ether oxygens (including phenoxy) is 1. The predicted molar refractivity (Wildman–Crippen MR) is 135 cm³/mol. The third kappa shape index (κ3) is 3.83. The zero-order valence-corrected chi connectivity index (χ0v) is 20.4. The number of aromatic nitrogens is 6. The number of hydrogen-bond acceptors (Lipinski definition) is 7. The van der Waals surface area contributed by atoms with Crippen molar-refractivity contribution >= 4 is 27.8 Å². The van der Waals surface area contributed by atoms with Gasteiger partial charge in [0, 0.05) is 11.6 Å². The van der Waals surface area contributed by atoms with Crippen molar-refractivity contribution in [3.63, 3.8) is 0 Å². The highest BCUT2D eigenvalue weighted by atomic mass is 19.4. The number of halogens is 3. The molecule has 0 bridgehead atoms. The van der Waals surface area contributed by atoms with Crippen LogP contribution in [0.4, 0.5) is 19.0 Å². The molecule has 0 spiro atoms. The number of nitrogens with two attached hydrogens (primary N) is 1. The number of alkyl halides is 3. The van der Waals surface area contributed by atoms with Crippen LogP contribution in [0.2, 0.25) is 0 Å². The van der Waals surface area contributed by atoms with Crippen molar-refractivity contribution in [3.05, 3.63) is 70.5 Å². The van der Waals surface area contributed by atoms with E-state index in [4.69, 9.17) is 15.6 Å². The smallest absolute Gasteiger partial charge is 0.416 e. The molecule has 1 saturated carbocycles. The Balaban J connectivity index is 1.57. The van der Waals surface area contributed by atoms with Crippen LogP contribution in [0.15, 0.2) is 53.6 Å². The van der Waals surface area contributed by atoms with E-state index in [0.717, 1.165) is 30.5 Å². The molecule has 5 aromatic rings. The van der Waals surface area contributed by atoms with Gasteiger partial charge in [0.25, 0.3) is 5.56 Å². The number of benzene rings is 2. The minimum absolute atomic E-state index is 0.0236. The second-order valence-electron chi connectivity index (χ2n) is 9.26. The quantitative estimate of drug-likeness (QED) is 0.355. The molecule has 3 heterocycles. The van der Waals surface area contributed by atoms with E-state index < -0.39 is 17.8 Å². The average Bonchev–Trinajstić information content (AvgIpc) is 3.66. The molecule has 0 radical (unpaired) electrons. The highest BCUT2D eigenvalue weighted by Gasteiger charge is 2.34. The molecule has 0 aliphatic heterocycles. The monoisotopic (exact) mass is 521 g/mol. The molecular weight excluding hydrogens is 499 g/mol. The summed E-state index contributed by atoms with van der Waals surface area (Å²) in [6, 6.07) is 9.51. The molecule has 1 atom stereocenters. The first-order valence-corrected chi connectivity index (χ1v) is 11.9. The number of nitrogen functional groups attached to an aromatic ring is 1. The van der Waals surface area contributed by atoms with Gasteiger partial charge in [-0.25, -0.2) is 19.6 Å². The number of hydrogen-bond donors (Lipinski definition) is 1. The van der Waals surface area contributed by atoms with Crippen LogP contribution < -0.4 is 16.0 Å². The van der Waals surface area contributed by atoms with E-state index in [1.165, 1.54) is 12.4 Å². The molecule has 2 N–H and O–H groups in total. The Labute approximate surface area is 213 Å². The number of rotatable bonds is 5. The normalized spacial score (nSPS) is 14.8. The third-order valence-electron chi connectivity index (χ3n) is 6.79. The van der Waals surface area contributed by atoms with Gasteiger partial charge in [0.1, 0.15) is 35.5 Å². The van der Waals surface area contributed by atoms with Gasteiger partial charge in [-0.2, -0.15) is 18.3 Å².